The van der Waals surface area contributed by atoms with Crippen LogP contribution in [0.4, 0.5) is 0 Å². The number of likely N-dealkylation sites (tertiary alicyclic amines) is 1. The Morgan fingerprint density at radius 2 is 2.06 bits per heavy atom. The fourth-order valence-electron chi connectivity index (χ4n) is 2.67. The maximum atomic E-state index is 5.33. The maximum absolute atomic E-state index is 5.33. The lowest BCUT2D eigenvalue weighted by Gasteiger charge is -2.30. The number of rotatable bonds is 5. The first-order valence-electron chi connectivity index (χ1n) is 7.04. The predicted octanol–water partition coefficient (Wildman–Crippen LogP) is 1.38. The Balaban J connectivity index is 1.47. The second kappa shape index (κ2) is 5.36. The largest absolute Gasteiger partial charge is 0.338 e. The van der Waals surface area contributed by atoms with E-state index in [1.165, 1.54) is 25.7 Å². The number of hydrogen-bond acceptors (Lipinski definition) is 5. The zero-order chi connectivity index (χ0) is 12.4. The van der Waals surface area contributed by atoms with Gasteiger partial charge < -0.3 is 9.84 Å². The summed E-state index contributed by atoms with van der Waals surface area (Å²) in [5.41, 5.74) is 0. The van der Waals surface area contributed by atoms with E-state index in [1.807, 2.05) is 7.05 Å². The third-order valence-corrected chi connectivity index (χ3v) is 3.99. The molecule has 2 fully saturated rings. The molecular formula is C13H22N4O. The molecular weight excluding hydrogens is 228 g/mol. The van der Waals surface area contributed by atoms with Gasteiger partial charge in [-0.05, 0) is 58.3 Å². The highest BCUT2D eigenvalue weighted by Gasteiger charge is 2.29. The molecule has 0 unspecified atom stereocenters. The van der Waals surface area contributed by atoms with Crippen molar-refractivity contribution < 1.29 is 4.52 Å². The van der Waals surface area contributed by atoms with Gasteiger partial charge in [-0.3, -0.25) is 4.90 Å². The van der Waals surface area contributed by atoms with Gasteiger partial charge in [0.1, 0.15) is 0 Å². The molecule has 0 atom stereocenters. The van der Waals surface area contributed by atoms with Crippen molar-refractivity contribution in [2.75, 3.05) is 26.7 Å². The first-order chi connectivity index (χ1) is 8.85. The Morgan fingerprint density at radius 1 is 1.28 bits per heavy atom. The molecule has 0 amide bonds. The van der Waals surface area contributed by atoms with Crippen LogP contribution in [0.2, 0.25) is 0 Å². The van der Waals surface area contributed by atoms with Gasteiger partial charge in [0.05, 0.1) is 6.54 Å². The monoisotopic (exact) mass is 250 g/mol. The summed E-state index contributed by atoms with van der Waals surface area (Å²) in [5.74, 6) is 3.14. The molecule has 1 aromatic rings. The van der Waals surface area contributed by atoms with Gasteiger partial charge >= 0.3 is 0 Å². The lowest BCUT2D eigenvalue weighted by molar-refractivity contribution is 0.158. The Morgan fingerprint density at radius 3 is 2.72 bits per heavy atom. The highest BCUT2D eigenvalue weighted by Crippen LogP contribution is 2.38. The van der Waals surface area contributed by atoms with E-state index < -0.39 is 0 Å². The van der Waals surface area contributed by atoms with E-state index in [2.05, 4.69) is 20.4 Å². The lowest BCUT2D eigenvalue weighted by atomic mass is 9.97. The minimum Gasteiger partial charge on any atom is -0.338 e. The van der Waals surface area contributed by atoms with Crippen molar-refractivity contribution >= 4 is 0 Å². The van der Waals surface area contributed by atoms with Crippen LogP contribution in [-0.4, -0.2) is 41.7 Å². The Labute approximate surface area is 108 Å². The van der Waals surface area contributed by atoms with Crippen molar-refractivity contribution in [2.45, 2.75) is 38.1 Å². The molecule has 1 saturated carbocycles. The second-order valence-corrected chi connectivity index (χ2v) is 5.60. The average Bonchev–Trinajstić information content (AvgIpc) is 3.13. The van der Waals surface area contributed by atoms with Gasteiger partial charge in [-0.25, -0.2) is 0 Å². The van der Waals surface area contributed by atoms with Crippen molar-refractivity contribution in [3.05, 3.63) is 11.7 Å². The Kier molecular flexibility index (Phi) is 3.61. The predicted molar refractivity (Wildman–Crippen MR) is 68.2 cm³/mol. The van der Waals surface area contributed by atoms with Crippen molar-refractivity contribution in [3.63, 3.8) is 0 Å². The van der Waals surface area contributed by atoms with E-state index in [0.29, 0.717) is 5.92 Å². The summed E-state index contributed by atoms with van der Waals surface area (Å²) in [7, 11) is 2.03. The molecule has 0 aromatic carbocycles. The smallest absolute Gasteiger partial charge is 0.240 e. The van der Waals surface area contributed by atoms with E-state index in [0.717, 1.165) is 43.8 Å². The van der Waals surface area contributed by atoms with Crippen molar-refractivity contribution in [1.29, 1.82) is 0 Å². The third kappa shape index (κ3) is 2.90. The number of piperidine rings is 1. The summed E-state index contributed by atoms with van der Waals surface area (Å²) in [6.07, 6.45) is 5.00. The molecule has 3 rings (SSSR count). The van der Waals surface area contributed by atoms with Gasteiger partial charge in [-0.15, -0.1) is 0 Å². The van der Waals surface area contributed by atoms with E-state index in [-0.39, 0.29) is 0 Å². The van der Waals surface area contributed by atoms with Crippen molar-refractivity contribution in [2.24, 2.45) is 5.92 Å². The molecule has 2 heterocycles. The van der Waals surface area contributed by atoms with Crippen molar-refractivity contribution in [3.8, 4) is 0 Å². The van der Waals surface area contributed by atoms with E-state index in [9.17, 15) is 0 Å². The quantitative estimate of drug-likeness (QED) is 0.855. The standard InChI is InChI=1S/C13H22N4O/c1-14-8-10-4-6-17(7-5-10)9-12-15-13(16-18-12)11-2-3-11/h10-11,14H,2-9H2,1H3. The molecule has 5 nitrogen and oxygen atoms in total. The van der Waals surface area contributed by atoms with Gasteiger partial charge in [-0.2, -0.15) is 4.98 Å². The SMILES string of the molecule is CNCC1CCN(Cc2nc(C3CC3)no2)CC1. The molecule has 1 saturated heterocycles. The van der Waals surface area contributed by atoms with E-state index in [1.54, 1.807) is 0 Å². The van der Waals surface area contributed by atoms with Crippen LogP contribution >= 0.6 is 0 Å². The van der Waals surface area contributed by atoms with E-state index in [4.69, 9.17) is 4.52 Å². The zero-order valence-electron chi connectivity index (χ0n) is 11.1. The van der Waals surface area contributed by atoms with Crippen molar-refractivity contribution in [1.82, 2.24) is 20.4 Å². The van der Waals surface area contributed by atoms with Gasteiger partial charge in [0.15, 0.2) is 5.82 Å². The molecule has 5 heteroatoms. The summed E-state index contributed by atoms with van der Waals surface area (Å²) in [6, 6.07) is 0. The fraction of sp³-hybridized carbons (Fsp3) is 0.846. The summed E-state index contributed by atoms with van der Waals surface area (Å²) >= 11 is 0. The molecule has 0 bridgehead atoms. The first-order valence-corrected chi connectivity index (χ1v) is 7.04. The molecule has 2 aliphatic rings. The van der Waals surface area contributed by atoms with Gasteiger partial charge in [0, 0.05) is 5.92 Å². The summed E-state index contributed by atoms with van der Waals surface area (Å²) in [5, 5.41) is 7.33. The van der Waals surface area contributed by atoms with Gasteiger partial charge in [0.2, 0.25) is 5.89 Å². The van der Waals surface area contributed by atoms with Crippen LogP contribution in [0.15, 0.2) is 4.52 Å². The summed E-state index contributed by atoms with van der Waals surface area (Å²) in [6.45, 7) is 4.26. The molecule has 1 aliphatic carbocycles. The van der Waals surface area contributed by atoms with Gasteiger partial charge in [0.25, 0.3) is 0 Å². The Hall–Kier alpha value is -0.940. The molecule has 0 spiro atoms. The van der Waals surface area contributed by atoms with Crippen LogP contribution in [0.1, 0.15) is 43.3 Å². The number of aromatic nitrogens is 2. The van der Waals surface area contributed by atoms with Crippen LogP contribution in [0, 0.1) is 5.92 Å². The van der Waals surface area contributed by atoms with Gasteiger partial charge in [-0.1, -0.05) is 5.16 Å². The van der Waals surface area contributed by atoms with Crippen LogP contribution < -0.4 is 5.32 Å². The number of nitrogens with one attached hydrogen (secondary N) is 1. The van der Waals surface area contributed by atoms with Crippen LogP contribution in [0.25, 0.3) is 0 Å². The molecule has 1 aliphatic heterocycles. The third-order valence-electron chi connectivity index (χ3n) is 3.99. The molecule has 1 aromatic heterocycles. The van der Waals surface area contributed by atoms with Crippen LogP contribution in [-0.2, 0) is 6.54 Å². The summed E-state index contributed by atoms with van der Waals surface area (Å²) in [4.78, 5) is 6.92. The number of hydrogen-bond donors (Lipinski definition) is 1. The highest BCUT2D eigenvalue weighted by molar-refractivity contribution is 5.03. The first kappa shape index (κ1) is 12.1. The Bertz CT molecular complexity index is 380. The maximum Gasteiger partial charge on any atom is 0.240 e. The minimum absolute atomic E-state index is 0.587. The summed E-state index contributed by atoms with van der Waals surface area (Å²) < 4.78 is 5.33. The molecule has 18 heavy (non-hydrogen) atoms. The normalized spacial score (nSPS) is 22.5. The lowest BCUT2D eigenvalue weighted by Crippen LogP contribution is -2.36. The fourth-order valence-corrected chi connectivity index (χ4v) is 2.67. The molecule has 0 radical (unpaired) electrons. The van der Waals surface area contributed by atoms with E-state index >= 15 is 0 Å². The second-order valence-electron chi connectivity index (χ2n) is 5.60. The average molecular weight is 250 g/mol. The highest BCUT2D eigenvalue weighted by atomic mass is 16.5. The zero-order valence-corrected chi connectivity index (χ0v) is 11.1. The topological polar surface area (TPSA) is 54.2 Å². The molecule has 100 valence electrons. The number of nitrogens with zero attached hydrogens (tertiary/aromatic N) is 3. The van der Waals surface area contributed by atoms with Crippen LogP contribution in [0.5, 0.6) is 0 Å². The minimum atomic E-state index is 0.587. The van der Waals surface area contributed by atoms with Crippen LogP contribution in [0.3, 0.4) is 0 Å². The molecule has 1 N–H and O–H groups in total.